The Balaban J connectivity index is 1.68. The lowest BCUT2D eigenvalue weighted by Crippen LogP contribution is -2.43. The van der Waals surface area contributed by atoms with Gasteiger partial charge in [-0.2, -0.15) is 0 Å². The number of para-hydroxylation sites is 1. The van der Waals surface area contributed by atoms with Crippen molar-refractivity contribution in [3.05, 3.63) is 67.5 Å². The minimum absolute atomic E-state index is 0.0588. The fraction of sp³-hybridized carbons (Fsp3) is 0.423. The number of carbonyl (C=O) groups is 2. The van der Waals surface area contributed by atoms with Crippen LogP contribution in [0.2, 0.25) is 0 Å². The lowest BCUT2D eigenvalue weighted by atomic mass is 9.97. The molecule has 2 heterocycles. The van der Waals surface area contributed by atoms with Crippen LogP contribution < -0.4 is 17.0 Å². The average molecular weight is 479 g/mol. The van der Waals surface area contributed by atoms with Crippen molar-refractivity contribution in [2.24, 2.45) is 13.0 Å². The molecule has 1 aliphatic rings. The van der Waals surface area contributed by atoms with Crippen molar-refractivity contribution < 1.29 is 14.3 Å². The first kappa shape index (κ1) is 24.4. The molecule has 0 atom stereocenters. The molecule has 0 spiro atoms. The zero-order chi connectivity index (χ0) is 25.3. The fourth-order valence-corrected chi connectivity index (χ4v) is 4.64. The largest absolute Gasteiger partial charge is 0.454 e. The number of pyridine rings is 1. The maximum atomic E-state index is 13.3. The second-order valence-electron chi connectivity index (χ2n) is 9.40. The molecule has 9 nitrogen and oxygen atoms in total. The number of anilines is 1. The van der Waals surface area contributed by atoms with E-state index in [1.165, 1.54) is 11.6 Å². The van der Waals surface area contributed by atoms with Crippen molar-refractivity contribution in [3.63, 3.8) is 0 Å². The number of nitrogens with two attached hydrogens (primary N) is 1. The Morgan fingerprint density at radius 3 is 2.54 bits per heavy atom. The van der Waals surface area contributed by atoms with Crippen LogP contribution in [0.25, 0.3) is 10.9 Å². The first-order chi connectivity index (χ1) is 16.7. The lowest BCUT2D eigenvalue weighted by Gasteiger charge is -2.17. The van der Waals surface area contributed by atoms with E-state index in [-0.39, 0.29) is 23.8 Å². The second-order valence-corrected chi connectivity index (χ2v) is 9.40. The van der Waals surface area contributed by atoms with Crippen LogP contribution in [0.1, 0.15) is 65.1 Å². The third-order valence-electron chi connectivity index (χ3n) is 6.37. The van der Waals surface area contributed by atoms with Gasteiger partial charge in [0.1, 0.15) is 11.4 Å². The van der Waals surface area contributed by atoms with Gasteiger partial charge in [0, 0.05) is 24.7 Å². The van der Waals surface area contributed by atoms with Gasteiger partial charge >= 0.3 is 11.7 Å². The number of nitrogen functional groups attached to an aromatic ring is 1. The van der Waals surface area contributed by atoms with E-state index in [4.69, 9.17) is 15.5 Å². The minimum atomic E-state index is -0.809. The van der Waals surface area contributed by atoms with E-state index in [9.17, 15) is 19.2 Å². The number of carbonyl (C=O) groups excluding carboxylic acids is 2. The number of aryl methyl sites for hydroxylation is 1. The molecule has 0 saturated heterocycles. The quantitative estimate of drug-likeness (QED) is 0.328. The standard InChI is InChI=1S/C26H30N4O5/c1-15(2)13-30-23(27)22(24(32)29(3)26(30)34)20(31)14-35-25(33)21-16-9-5-4-6-11-18(16)28-19-12-8-7-10-17(19)21/h7-8,10,12,15H,4-6,9,11,13-14,27H2,1-3H3. The molecule has 4 rings (SSSR count). The third-order valence-corrected chi connectivity index (χ3v) is 6.37. The van der Waals surface area contributed by atoms with Gasteiger partial charge in [0.25, 0.3) is 5.56 Å². The maximum Gasteiger partial charge on any atom is 0.339 e. The number of hydrogen-bond acceptors (Lipinski definition) is 7. The molecule has 0 aliphatic heterocycles. The molecule has 0 amide bonds. The van der Waals surface area contributed by atoms with E-state index < -0.39 is 29.6 Å². The molecule has 0 bridgehead atoms. The summed E-state index contributed by atoms with van der Waals surface area (Å²) in [5, 5.41) is 0.673. The number of benzene rings is 1. The Morgan fingerprint density at radius 1 is 1.09 bits per heavy atom. The topological polar surface area (TPSA) is 126 Å². The second kappa shape index (κ2) is 9.85. The third kappa shape index (κ3) is 4.62. The molecule has 2 N–H and O–H groups in total. The molecule has 9 heteroatoms. The highest BCUT2D eigenvalue weighted by Crippen LogP contribution is 2.29. The number of ketones is 1. The van der Waals surface area contributed by atoms with E-state index in [1.807, 2.05) is 38.1 Å². The van der Waals surface area contributed by atoms with Gasteiger partial charge in [-0.15, -0.1) is 0 Å². The summed E-state index contributed by atoms with van der Waals surface area (Å²) in [6, 6.07) is 7.37. The molecule has 0 unspecified atom stereocenters. The molecule has 35 heavy (non-hydrogen) atoms. The minimum Gasteiger partial charge on any atom is -0.454 e. The first-order valence-corrected chi connectivity index (χ1v) is 11.9. The molecule has 3 aromatic rings. The van der Waals surface area contributed by atoms with Crippen LogP contribution in [0, 0.1) is 5.92 Å². The first-order valence-electron chi connectivity index (χ1n) is 11.9. The van der Waals surface area contributed by atoms with E-state index >= 15 is 0 Å². The molecule has 1 aromatic carbocycles. The number of fused-ring (bicyclic) bond motifs is 2. The number of esters is 1. The van der Waals surface area contributed by atoms with Crippen molar-refractivity contribution in [2.45, 2.75) is 52.5 Å². The summed E-state index contributed by atoms with van der Waals surface area (Å²) in [6.07, 6.45) is 4.48. The molecule has 0 saturated carbocycles. The number of Topliss-reactive ketones (excluding diaryl/α,β-unsaturated/α-hetero) is 1. The van der Waals surface area contributed by atoms with Crippen molar-refractivity contribution in [1.29, 1.82) is 0 Å². The predicted octanol–water partition coefficient (Wildman–Crippen LogP) is 2.64. The van der Waals surface area contributed by atoms with Gasteiger partial charge in [-0.25, -0.2) is 9.59 Å². The van der Waals surface area contributed by atoms with Gasteiger partial charge in [0.2, 0.25) is 5.78 Å². The summed E-state index contributed by atoms with van der Waals surface area (Å²) in [6.45, 7) is 3.36. The SMILES string of the molecule is CC(C)Cn1c(N)c(C(=O)COC(=O)c2c3c(nc4ccccc24)CCCCC3)c(=O)n(C)c1=O. The molecule has 0 fully saturated rings. The van der Waals surface area contributed by atoms with E-state index in [0.717, 1.165) is 41.5 Å². The molecule has 184 valence electrons. The van der Waals surface area contributed by atoms with E-state index in [0.29, 0.717) is 22.9 Å². The van der Waals surface area contributed by atoms with Crippen LogP contribution in [-0.2, 0) is 31.2 Å². The van der Waals surface area contributed by atoms with Gasteiger partial charge in [0.15, 0.2) is 6.61 Å². The number of ether oxygens (including phenoxy) is 1. The number of aromatic nitrogens is 3. The Labute approximate surface area is 202 Å². The van der Waals surface area contributed by atoms with Crippen LogP contribution in [0.4, 0.5) is 5.82 Å². The van der Waals surface area contributed by atoms with Crippen molar-refractivity contribution >= 4 is 28.5 Å². The summed E-state index contributed by atoms with van der Waals surface area (Å²) < 4.78 is 7.51. The van der Waals surface area contributed by atoms with Gasteiger partial charge < -0.3 is 10.5 Å². The van der Waals surface area contributed by atoms with E-state index in [1.54, 1.807) is 0 Å². The zero-order valence-corrected chi connectivity index (χ0v) is 20.3. The highest BCUT2D eigenvalue weighted by atomic mass is 16.5. The summed E-state index contributed by atoms with van der Waals surface area (Å²) in [5.74, 6) is -1.54. The van der Waals surface area contributed by atoms with Gasteiger partial charge in [-0.05, 0) is 43.2 Å². The van der Waals surface area contributed by atoms with Crippen molar-refractivity contribution in [2.75, 3.05) is 12.3 Å². The Kier molecular flexibility index (Phi) is 6.86. The summed E-state index contributed by atoms with van der Waals surface area (Å²) >= 11 is 0. The highest BCUT2D eigenvalue weighted by Gasteiger charge is 2.26. The zero-order valence-electron chi connectivity index (χ0n) is 20.3. The molecule has 1 aliphatic carbocycles. The van der Waals surface area contributed by atoms with Gasteiger partial charge in [-0.1, -0.05) is 38.5 Å². The molecule has 0 radical (unpaired) electrons. The Morgan fingerprint density at radius 2 is 1.80 bits per heavy atom. The summed E-state index contributed by atoms with van der Waals surface area (Å²) in [4.78, 5) is 56.3. The summed E-state index contributed by atoms with van der Waals surface area (Å²) in [7, 11) is 1.29. The molecular formula is C26H30N4O5. The van der Waals surface area contributed by atoms with Gasteiger partial charge in [-0.3, -0.25) is 23.7 Å². The maximum absolute atomic E-state index is 13.3. The van der Waals surface area contributed by atoms with Crippen molar-refractivity contribution in [1.82, 2.24) is 14.1 Å². The number of rotatable bonds is 6. The van der Waals surface area contributed by atoms with Crippen LogP contribution in [0.15, 0.2) is 33.9 Å². The Bertz CT molecular complexity index is 1430. The lowest BCUT2D eigenvalue weighted by molar-refractivity contribution is 0.0475. The van der Waals surface area contributed by atoms with E-state index in [2.05, 4.69) is 0 Å². The van der Waals surface area contributed by atoms with Crippen LogP contribution in [0.5, 0.6) is 0 Å². The predicted molar refractivity (Wildman–Crippen MR) is 133 cm³/mol. The van der Waals surface area contributed by atoms with Gasteiger partial charge in [0.05, 0.1) is 11.1 Å². The van der Waals surface area contributed by atoms with Crippen LogP contribution in [-0.4, -0.2) is 32.5 Å². The van der Waals surface area contributed by atoms with Crippen LogP contribution >= 0.6 is 0 Å². The number of hydrogen-bond donors (Lipinski definition) is 1. The highest BCUT2D eigenvalue weighted by molar-refractivity contribution is 6.07. The monoisotopic (exact) mass is 478 g/mol. The fourth-order valence-electron chi connectivity index (χ4n) is 4.64. The smallest absolute Gasteiger partial charge is 0.339 e. The normalized spacial score (nSPS) is 13.5. The van der Waals surface area contributed by atoms with Crippen LogP contribution in [0.3, 0.4) is 0 Å². The molecular weight excluding hydrogens is 448 g/mol. The average Bonchev–Trinajstić information content (AvgIpc) is 3.07. The molecule has 2 aromatic heterocycles. The Hall–Kier alpha value is -3.75. The summed E-state index contributed by atoms with van der Waals surface area (Å²) in [5.41, 5.74) is 7.20. The number of nitrogens with zero attached hydrogens (tertiary/aromatic N) is 3. The van der Waals surface area contributed by atoms with Crippen molar-refractivity contribution in [3.8, 4) is 0 Å².